The second kappa shape index (κ2) is 11.4. The van der Waals surface area contributed by atoms with Gasteiger partial charge in [0.15, 0.2) is 0 Å². The predicted molar refractivity (Wildman–Crippen MR) is 124 cm³/mol. The van der Waals surface area contributed by atoms with E-state index in [1.165, 1.54) is 6.92 Å². The van der Waals surface area contributed by atoms with Crippen LogP contribution in [0.25, 0.3) is 0 Å². The first kappa shape index (κ1) is 27.9. The van der Waals surface area contributed by atoms with Gasteiger partial charge < -0.3 is 9.29 Å². The maximum absolute atomic E-state index is 13.6. The Morgan fingerprint density at radius 3 is 2.38 bits per heavy atom. The molecule has 0 spiro atoms. The van der Waals surface area contributed by atoms with E-state index in [0.717, 1.165) is 6.07 Å². The van der Waals surface area contributed by atoms with E-state index in [-0.39, 0.29) is 29.7 Å². The van der Waals surface area contributed by atoms with Crippen molar-refractivity contribution in [2.24, 2.45) is 4.40 Å². The number of hydrogen-bond acceptors (Lipinski definition) is 6. The van der Waals surface area contributed by atoms with E-state index in [1.807, 2.05) is 0 Å². The fourth-order valence-corrected chi connectivity index (χ4v) is 3.55. The maximum atomic E-state index is 13.6. The summed E-state index contributed by atoms with van der Waals surface area (Å²) < 4.78 is 61.9. The number of aromatic nitrogens is 2. The number of alkyl halides is 3. The fourth-order valence-electron chi connectivity index (χ4n) is 2.75. The number of rotatable bonds is 8. The number of ether oxygens (including phenoxy) is 1. The van der Waals surface area contributed by atoms with Crippen LogP contribution in [0.1, 0.15) is 51.2 Å². The molecule has 12 heteroatoms. The van der Waals surface area contributed by atoms with E-state index < -0.39 is 46.2 Å². The van der Waals surface area contributed by atoms with Crippen LogP contribution in [0.3, 0.4) is 0 Å². The number of hydrogen-bond donors (Lipinski definition) is 0. The van der Waals surface area contributed by atoms with Gasteiger partial charge in [0.05, 0.1) is 12.3 Å². The summed E-state index contributed by atoms with van der Waals surface area (Å²) in [6.45, 7) is 5.78. The Kier molecular flexibility index (Phi) is 9.32. The number of nitrogens with zero attached hydrogens (tertiary/aromatic N) is 3. The number of carbonyl (C=O) groups excluding carboxylic acids is 1. The quantitative estimate of drug-likeness (QED) is 0.293. The lowest BCUT2D eigenvalue weighted by Crippen LogP contribution is -2.33. The van der Waals surface area contributed by atoms with Crippen molar-refractivity contribution in [1.82, 2.24) is 9.55 Å². The summed E-state index contributed by atoms with van der Waals surface area (Å²) >= 11 is 4.30. The third-order valence-corrected chi connectivity index (χ3v) is 6.11. The molecule has 1 aromatic carbocycles. The summed E-state index contributed by atoms with van der Waals surface area (Å²) in [4.78, 5) is 27.7. The standard InChI is InChI=1S/C22H25ClF3N3O4S/c1-5-33-19(31)13-29-18(30)12-16(27-20(29)22(24,25)26)10-11-17(28-34(32)21(2,3)4)14-6-8-15(23)9-7-14/h6-9,12H,5,10-11,13H2,1-4H3. The molecule has 2 rings (SSSR count). The van der Waals surface area contributed by atoms with Crippen LogP contribution in [-0.2, 0) is 40.0 Å². The average molecular weight is 520 g/mol. The van der Waals surface area contributed by atoms with Crippen molar-refractivity contribution in [2.45, 2.75) is 58.0 Å². The van der Waals surface area contributed by atoms with Crippen LogP contribution in [0.15, 0.2) is 39.5 Å². The minimum Gasteiger partial charge on any atom is -0.591 e. The zero-order valence-electron chi connectivity index (χ0n) is 19.1. The summed E-state index contributed by atoms with van der Waals surface area (Å²) in [5.41, 5.74) is -0.209. The number of esters is 1. The van der Waals surface area contributed by atoms with Crippen molar-refractivity contribution in [3.8, 4) is 0 Å². The van der Waals surface area contributed by atoms with Crippen LogP contribution < -0.4 is 5.56 Å². The molecular formula is C22H25ClF3N3O4S. The molecule has 0 bridgehead atoms. The predicted octanol–water partition coefficient (Wildman–Crippen LogP) is 4.36. The van der Waals surface area contributed by atoms with Gasteiger partial charge in [-0.2, -0.15) is 13.2 Å². The van der Waals surface area contributed by atoms with Gasteiger partial charge in [-0.25, -0.2) is 4.98 Å². The van der Waals surface area contributed by atoms with Crippen LogP contribution in [-0.4, -0.2) is 37.1 Å². The maximum Gasteiger partial charge on any atom is 0.449 e. The Hall–Kier alpha value is -2.37. The molecule has 1 aromatic heterocycles. The third kappa shape index (κ3) is 7.85. The Morgan fingerprint density at radius 1 is 1.24 bits per heavy atom. The van der Waals surface area contributed by atoms with Gasteiger partial charge in [-0.3, -0.25) is 14.2 Å². The SMILES string of the molecule is CCOC(=O)Cn1c(C(F)(F)F)nc(CCC(=N[S+]([O-])C(C)(C)C)c2ccc(Cl)cc2)cc1=O. The van der Waals surface area contributed by atoms with Gasteiger partial charge in [-0.1, -0.05) is 28.1 Å². The van der Waals surface area contributed by atoms with Crippen LogP contribution in [0.2, 0.25) is 5.02 Å². The van der Waals surface area contributed by atoms with E-state index in [0.29, 0.717) is 16.3 Å². The largest absolute Gasteiger partial charge is 0.591 e. The number of halogens is 4. The molecule has 0 aliphatic heterocycles. The molecule has 0 N–H and O–H groups in total. The minimum atomic E-state index is -4.97. The molecule has 1 heterocycles. The molecule has 1 atom stereocenters. The topological polar surface area (TPSA) is 96.6 Å². The Labute approximate surface area is 203 Å². The summed E-state index contributed by atoms with van der Waals surface area (Å²) in [5.74, 6) is -2.47. The molecule has 2 aromatic rings. The van der Waals surface area contributed by atoms with E-state index >= 15 is 0 Å². The highest BCUT2D eigenvalue weighted by molar-refractivity contribution is 7.91. The first-order valence-electron chi connectivity index (χ1n) is 10.3. The Balaban J connectivity index is 2.42. The molecule has 34 heavy (non-hydrogen) atoms. The molecule has 0 amide bonds. The van der Waals surface area contributed by atoms with Gasteiger partial charge in [0.25, 0.3) is 5.56 Å². The third-order valence-electron chi connectivity index (χ3n) is 4.42. The fraction of sp³-hybridized carbons (Fsp3) is 0.455. The van der Waals surface area contributed by atoms with Gasteiger partial charge in [0.1, 0.15) is 22.7 Å². The highest BCUT2D eigenvalue weighted by Crippen LogP contribution is 2.27. The van der Waals surface area contributed by atoms with Gasteiger partial charge in [-0.05, 0) is 46.2 Å². The van der Waals surface area contributed by atoms with Crippen LogP contribution >= 0.6 is 11.6 Å². The minimum absolute atomic E-state index is 0.0385. The van der Waals surface area contributed by atoms with Crippen LogP contribution in [0, 0.1) is 0 Å². The lowest BCUT2D eigenvalue weighted by atomic mass is 10.0. The summed E-state index contributed by atoms with van der Waals surface area (Å²) in [6, 6.07) is 7.49. The van der Waals surface area contributed by atoms with Crippen molar-refractivity contribution in [2.75, 3.05) is 6.61 Å². The lowest BCUT2D eigenvalue weighted by molar-refractivity contribution is -0.152. The van der Waals surface area contributed by atoms with Crippen LogP contribution in [0.4, 0.5) is 13.2 Å². The second-order valence-electron chi connectivity index (χ2n) is 8.20. The second-order valence-corrected chi connectivity index (χ2v) is 10.5. The molecule has 7 nitrogen and oxygen atoms in total. The summed E-state index contributed by atoms with van der Waals surface area (Å²) in [5, 5.41) is 0.474. The summed E-state index contributed by atoms with van der Waals surface area (Å²) in [6.07, 6.45) is -4.99. The average Bonchev–Trinajstić information content (AvgIpc) is 2.72. The highest BCUT2D eigenvalue weighted by atomic mass is 35.5. The van der Waals surface area contributed by atoms with E-state index in [4.69, 9.17) is 11.6 Å². The number of carbonyl (C=O) groups is 1. The molecule has 0 aliphatic rings. The molecule has 0 fully saturated rings. The smallest absolute Gasteiger partial charge is 0.449 e. The number of benzene rings is 1. The first-order valence-corrected chi connectivity index (χ1v) is 11.8. The van der Waals surface area contributed by atoms with Gasteiger partial charge in [0.2, 0.25) is 5.82 Å². The van der Waals surface area contributed by atoms with Gasteiger partial charge in [0, 0.05) is 28.8 Å². The highest BCUT2D eigenvalue weighted by Gasteiger charge is 2.37. The van der Waals surface area contributed by atoms with E-state index in [9.17, 15) is 27.3 Å². The molecule has 186 valence electrons. The molecule has 0 aliphatic carbocycles. The Morgan fingerprint density at radius 2 is 1.85 bits per heavy atom. The molecule has 0 saturated carbocycles. The van der Waals surface area contributed by atoms with E-state index in [1.54, 1.807) is 45.0 Å². The molecule has 0 radical (unpaired) electrons. The van der Waals surface area contributed by atoms with Crippen molar-refractivity contribution in [3.05, 3.63) is 62.8 Å². The molecule has 0 saturated heterocycles. The van der Waals surface area contributed by atoms with Gasteiger partial charge >= 0.3 is 12.1 Å². The van der Waals surface area contributed by atoms with Crippen molar-refractivity contribution < 1.29 is 27.3 Å². The first-order chi connectivity index (χ1) is 15.7. The number of aryl methyl sites for hydroxylation is 1. The molecule has 1 unspecified atom stereocenters. The monoisotopic (exact) mass is 519 g/mol. The van der Waals surface area contributed by atoms with Crippen LogP contribution in [0.5, 0.6) is 0 Å². The van der Waals surface area contributed by atoms with Crippen molar-refractivity contribution in [1.29, 1.82) is 0 Å². The molecular weight excluding hydrogens is 495 g/mol. The normalized spacial score (nSPS) is 13.6. The zero-order chi connectivity index (χ0) is 25.7. The van der Waals surface area contributed by atoms with E-state index in [2.05, 4.69) is 14.1 Å². The van der Waals surface area contributed by atoms with Crippen molar-refractivity contribution >= 4 is 34.6 Å². The Bertz CT molecular complexity index is 1100. The van der Waals surface area contributed by atoms with Crippen molar-refractivity contribution in [3.63, 3.8) is 0 Å². The van der Waals surface area contributed by atoms with Gasteiger partial charge in [-0.15, -0.1) is 0 Å². The summed E-state index contributed by atoms with van der Waals surface area (Å²) in [7, 11) is 0. The lowest BCUT2D eigenvalue weighted by Gasteiger charge is -2.19. The zero-order valence-corrected chi connectivity index (χ0v) is 20.7.